The second kappa shape index (κ2) is 4.34. The van der Waals surface area contributed by atoms with E-state index in [2.05, 4.69) is 0 Å². The second-order valence-electron chi connectivity index (χ2n) is 3.24. The van der Waals surface area contributed by atoms with Crippen LogP contribution in [-0.4, -0.2) is 56.6 Å². The molecule has 2 heterocycles. The van der Waals surface area contributed by atoms with Crippen molar-refractivity contribution in [2.45, 2.75) is 18.5 Å². The fourth-order valence-electron chi connectivity index (χ4n) is 0.895. The zero-order valence-corrected chi connectivity index (χ0v) is 7.35. The first-order chi connectivity index (χ1) is 6.34. The number of hydrogen-bond acceptors (Lipinski definition) is 5. The molecule has 2 rings (SSSR count). The summed E-state index contributed by atoms with van der Waals surface area (Å²) in [5, 5.41) is 9.22. The fraction of sp³-hybridized carbons (Fsp3) is 1.00. The summed E-state index contributed by atoms with van der Waals surface area (Å²) in [4.78, 5) is 0. The lowest BCUT2D eigenvalue weighted by atomic mass is 10.5. The van der Waals surface area contributed by atoms with Crippen molar-refractivity contribution in [3.05, 3.63) is 0 Å². The molecule has 1 N–H and O–H groups in total. The molecule has 0 radical (unpaired) electrons. The van der Waals surface area contributed by atoms with Crippen molar-refractivity contribution in [1.82, 2.24) is 0 Å². The van der Waals surface area contributed by atoms with Crippen LogP contribution in [0.5, 0.6) is 0 Å². The van der Waals surface area contributed by atoms with Crippen molar-refractivity contribution in [3.63, 3.8) is 0 Å². The Bertz CT molecular complexity index is 155. The minimum atomic E-state index is -0.844. The molecule has 5 nitrogen and oxygen atoms in total. The standard InChI is InChI=1S/C8H14O5/c9-8(13-4-7-3-12-7)5-10-1-6-2-11-6/h6-9H,1-5H2. The Labute approximate surface area is 76.5 Å². The van der Waals surface area contributed by atoms with E-state index in [-0.39, 0.29) is 18.8 Å². The zero-order valence-electron chi connectivity index (χ0n) is 7.35. The highest BCUT2D eigenvalue weighted by Crippen LogP contribution is 2.10. The molecule has 2 aliphatic rings. The van der Waals surface area contributed by atoms with Gasteiger partial charge in [-0.1, -0.05) is 0 Å². The Kier molecular flexibility index (Phi) is 3.13. The van der Waals surface area contributed by atoms with Crippen molar-refractivity contribution in [2.24, 2.45) is 0 Å². The number of ether oxygens (including phenoxy) is 4. The topological polar surface area (TPSA) is 63.8 Å². The quantitative estimate of drug-likeness (QED) is 0.418. The van der Waals surface area contributed by atoms with Gasteiger partial charge in [-0.15, -0.1) is 0 Å². The van der Waals surface area contributed by atoms with Crippen LogP contribution < -0.4 is 0 Å². The van der Waals surface area contributed by atoms with Crippen LogP contribution in [0.1, 0.15) is 0 Å². The van der Waals surface area contributed by atoms with E-state index in [9.17, 15) is 5.11 Å². The summed E-state index contributed by atoms with van der Waals surface area (Å²) >= 11 is 0. The first-order valence-electron chi connectivity index (χ1n) is 4.45. The van der Waals surface area contributed by atoms with E-state index >= 15 is 0 Å². The minimum absolute atomic E-state index is 0.182. The van der Waals surface area contributed by atoms with Crippen molar-refractivity contribution in [3.8, 4) is 0 Å². The Morgan fingerprint density at radius 3 is 2.46 bits per heavy atom. The monoisotopic (exact) mass is 190 g/mol. The summed E-state index contributed by atoms with van der Waals surface area (Å²) in [6, 6.07) is 0. The SMILES string of the molecule is OC(COCC1CO1)OCC1CO1. The van der Waals surface area contributed by atoms with Gasteiger partial charge < -0.3 is 24.1 Å². The average Bonchev–Trinajstić information content (AvgIpc) is 2.97. The maximum atomic E-state index is 9.22. The first-order valence-corrected chi connectivity index (χ1v) is 4.45. The highest BCUT2D eigenvalue weighted by atomic mass is 16.7. The molecular weight excluding hydrogens is 176 g/mol. The maximum absolute atomic E-state index is 9.22. The fourth-order valence-corrected chi connectivity index (χ4v) is 0.895. The smallest absolute Gasteiger partial charge is 0.178 e. The van der Waals surface area contributed by atoms with Gasteiger partial charge in [-0.3, -0.25) is 0 Å². The molecule has 0 aromatic carbocycles. The predicted molar refractivity (Wildman–Crippen MR) is 42.3 cm³/mol. The van der Waals surface area contributed by atoms with E-state index in [0.29, 0.717) is 13.2 Å². The second-order valence-corrected chi connectivity index (χ2v) is 3.24. The Balaban J connectivity index is 1.42. The van der Waals surface area contributed by atoms with Gasteiger partial charge in [0.15, 0.2) is 6.29 Å². The van der Waals surface area contributed by atoms with E-state index in [1.165, 1.54) is 0 Å². The number of aliphatic hydroxyl groups excluding tert-OH is 1. The predicted octanol–water partition coefficient (Wildman–Crippen LogP) is -0.864. The molecule has 5 heteroatoms. The molecule has 0 aliphatic carbocycles. The van der Waals surface area contributed by atoms with E-state index in [4.69, 9.17) is 18.9 Å². The van der Waals surface area contributed by atoms with E-state index in [1.54, 1.807) is 0 Å². The van der Waals surface area contributed by atoms with Gasteiger partial charge in [0.2, 0.25) is 0 Å². The molecule has 3 unspecified atom stereocenters. The Morgan fingerprint density at radius 2 is 1.85 bits per heavy atom. The van der Waals surface area contributed by atoms with E-state index < -0.39 is 6.29 Å². The van der Waals surface area contributed by atoms with Gasteiger partial charge in [-0.25, -0.2) is 0 Å². The average molecular weight is 190 g/mol. The van der Waals surface area contributed by atoms with Crippen LogP contribution in [0.4, 0.5) is 0 Å². The van der Waals surface area contributed by atoms with Crippen LogP contribution in [0.2, 0.25) is 0 Å². The van der Waals surface area contributed by atoms with Crippen LogP contribution in [-0.2, 0) is 18.9 Å². The molecule has 0 spiro atoms. The van der Waals surface area contributed by atoms with Gasteiger partial charge in [0.25, 0.3) is 0 Å². The lowest BCUT2D eigenvalue weighted by Gasteiger charge is -2.10. The molecule has 0 aromatic heterocycles. The highest BCUT2D eigenvalue weighted by molar-refractivity contribution is 4.68. The Hall–Kier alpha value is -0.200. The first kappa shape index (κ1) is 9.36. The van der Waals surface area contributed by atoms with Gasteiger partial charge in [0.1, 0.15) is 12.2 Å². The molecule has 0 amide bonds. The van der Waals surface area contributed by atoms with Gasteiger partial charge in [0.05, 0.1) is 33.0 Å². The van der Waals surface area contributed by atoms with Gasteiger partial charge in [0, 0.05) is 0 Å². The third-order valence-corrected chi connectivity index (χ3v) is 1.84. The summed E-state index contributed by atoms with van der Waals surface area (Å²) in [5.41, 5.74) is 0. The number of epoxide rings is 2. The zero-order chi connectivity index (χ0) is 9.10. The molecular formula is C8H14O5. The molecule has 3 atom stereocenters. The van der Waals surface area contributed by atoms with Crippen molar-refractivity contribution >= 4 is 0 Å². The summed E-state index contributed by atoms with van der Waals surface area (Å²) in [5.74, 6) is 0. The largest absolute Gasteiger partial charge is 0.373 e. The maximum Gasteiger partial charge on any atom is 0.178 e. The normalized spacial score (nSPS) is 33.0. The Morgan fingerprint density at radius 1 is 1.23 bits per heavy atom. The van der Waals surface area contributed by atoms with Crippen LogP contribution in [0.15, 0.2) is 0 Å². The summed E-state index contributed by atoms with van der Waals surface area (Å²) < 4.78 is 20.0. The van der Waals surface area contributed by atoms with Crippen LogP contribution in [0.3, 0.4) is 0 Å². The minimum Gasteiger partial charge on any atom is -0.373 e. The van der Waals surface area contributed by atoms with Gasteiger partial charge >= 0.3 is 0 Å². The molecule has 0 bridgehead atoms. The van der Waals surface area contributed by atoms with Crippen molar-refractivity contribution in [2.75, 3.05) is 33.0 Å². The summed E-state index contributed by atoms with van der Waals surface area (Å²) in [6.45, 7) is 2.70. The number of hydrogen-bond donors (Lipinski definition) is 1. The van der Waals surface area contributed by atoms with Crippen molar-refractivity contribution < 1.29 is 24.1 Å². The number of aliphatic hydroxyl groups is 1. The summed E-state index contributed by atoms with van der Waals surface area (Å²) in [6.07, 6.45) is -0.427. The van der Waals surface area contributed by atoms with Crippen LogP contribution in [0, 0.1) is 0 Å². The molecule has 0 saturated carbocycles. The molecule has 13 heavy (non-hydrogen) atoms. The molecule has 2 saturated heterocycles. The lowest BCUT2D eigenvalue weighted by Crippen LogP contribution is -2.22. The highest BCUT2D eigenvalue weighted by Gasteiger charge is 2.25. The summed E-state index contributed by atoms with van der Waals surface area (Å²) in [7, 11) is 0. The van der Waals surface area contributed by atoms with Crippen LogP contribution in [0.25, 0.3) is 0 Å². The third kappa shape index (κ3) is 4.02. The van der Waals surface area contributed by atoms with Gasteiger partial charge in [-0.05, 0) is 0 Å². The molecule has 2 fully saturated rings. The molecule has 76 valence electrons. The third-order valence-electron chi connectivity index (χ3n) is 1.84. The van der Waals surface area contributed by atoms with E-state index in [1.807, 2.05) is 0 Å². The van der Waals surface area contributed by atoms with Crippen molar-refractivity contribution in [1.29, 1.82) is 0 Å². The van der Waals surface area contributed by atoms with E-state index in [0.717, 1.165) is 13.2 Å². The number of rotatable bonds is 7. The molecule has 0 aromatic rings. The lowest BCUT2D eigenvalue weighted by molar-refractivity contribution is -0.140. The van der Waals surface area contributed by atoms with Crippen LogP contribution >= 0.6 is 0 Å². The molecule has 2 aliphatic heterocycles. The van der Waals surface area contributed by atoms with Gasteiger partial charge in [-0.2, -0.15) is 0 Å².